The molecule has 1 fully saturated rings. The van der Waals surface area contributed by atoms with Gasteiger partial charge in [0.25, 0.3) is 0 Å². The van der Waals surface area contributed by atoms with Crippen molar-refractivity contribution >= 4 is 9.84 Å². The van der Waals surface area contributed by atoms with E-state index in [4.69, 9.17) is 15.2 Å². The van der Waals surface area contributed by atoms with E-state index in [1.165, 1.54) is 6.26 Å². The Hall–Kier alpha value is -1.31. The third kappa shape index (κ3) is 2.61. The molecule has 116 valence electrons. The van der Waals surface area contributed by atoms with Gasteiger partial charge in [-0.3, -0.25) is 4.90 Å². The molecule has 0 aromatic heterocycles. The second-order valence-electron chi connectivity index (χ2n) is 5.81. The smallest absolute Gasteiger partial charge is 0.231 e. The lowest BCUT2D eigenvalue weighted by molar-refractivity contribution is 0.173. The summed E-state index contributed by atoms with van der Waals surface area (Å²) in [6, 6.07) is 3.42. The summed E-state index contributed by atoms with van der Waals surface area (Å²) < 4.78 is 35.0. The van der Waals surface area contributed by atoms with Crippen LogP contribution in [-0.2, 0) is 9.84 Å². The average molecular weight is 312 g/mol. The fraction of sp³-hybridized carbons (Fsp3) is 0.571. The summed E-state index contributed by atoms with van der Waals surface area (Å²) in [5.74, 6) is 1.50. The molecule has 1 aromatic rings. The molecule has 2 atom stereocenters. The van der Waals surface area contributed by atoms with Crippen molar-refractivity contribution in [1.29, 1.82) is 0 Å². The standard InChI is InChI=1S/C14H20N2O4S/c1-16-7-9(6-15)3-11(16)10-4-12-13(20-8-19-12)5-14(10)21(2,17)18/h4-5,9,11H,3,6-8,15H2,1-2H3. The van der Waals surface area contributed by atoms with E-state index in [0.717, 1.165) is 18.5 Å². The van der Waals surface area contributed by atoms with E-state index < -0.39 is 9.84 Å². The zero-order valence-corrected chi connectivity index (χ0v) is 13.0. The van der Waals surface area contributed by atoms with Crippen molar-refractivity contribution in [2.75, 3.05) is 33.2 Å². The molecule has 2 unspecified atom stereocenters. The third-order valence-electron chi connectivity index (χ3n) is 4.23. The van der Waals surface area contributed by atoms with Crippen LogP contribution in [0.2, 0.25) is 0 Å². The van der Waals surface area contributed by atoms with Crippen molar-refractivity contribution in [3.05, 3.63) is 17.7 Å². The number of sulfone groups is 1. The minimum atomic E-state index is -3.33. The molecule has 0 amide bonds. The van der Waals surface area contributed by atoms with Crippen LogP contribution in [0.5, 0.6) is 11.5 Å². The third-order valence-corrected chi connectivity index (χ3v) is 5.38. The van der Waals surface area contributed by atoms with Crippen LogP contribution in [0.25, 0.3) is 0 Å². The number of rotatable bonds is 3. The van der Waals surface area contributed by atoms with Crippen LogP contribution < -0.4 is 15.2 Å². The van der Waals surface area contributed by atoms with Crippen LogP contribution in [0.15, 0.2) is 17.0 Å². The summed E-state index contributed by atoms with van der Waals surface area (Å²) in [4.78, 5) is 2.48. The molecule has 0 radical (unpaired) electrons. The number of hydrogen-bond acceptors (Lipinski definition) is 6. The second-order valence-corrected chi connectivity index (χ2v) is 7.79. The molecule has 1 aromatic carbocycles. The molecule has 2 aliphatic heterocycles. The number of likely N-dealkylation sites (tertiary alicyclic amines) is 1. The quantitative estimate of drug-likeness (QED) is 0.888. The van der Waals surface area contributed by atoms with Crippen molar-refractivity contribution < 1.29 is 17.9 Å². The maximum Gasteiger partial charge on any atom is 0.231 e. The van der Waals surface area contributed by atoms with Crippen molar-refractivity contribution in [2.45, 2.75) is 17.4 Å². The first-order chi connectivity index (χ1) is 9.90. The molecule has 0 spiro atoms. The van der Waals surface area contributed by atoms with Gasteiger partial charge in [-0.15, -0.1) is 0 Å². The van der Waals surface area contributed by atoms with Gasteiger partial charge in [0.2, 0.25) is 6.79 Å². The van der Waals surface area contributed by atoms with Gasteiger partial charge in [-0.2, -0.15) is 0 Å². The van der Waals surface area contributed by atoms with Crippen molar-refractivity contribution in [1.82, 2.24) is 4.90 Å². The summed E-state index contributed by atoms with van der Waals surface area (Å²) >= 11 is 0. The van der Waals surface area contributed by atoms with Gasteiger partial charge in [-0.05, 0) is 37.6 Å². The SMILES string of the molecule is CN1CC(CN)CC1c1cc2c(cc1S(C)(=O)=O)OCO2. The number of nitrogens with two attached hydrogens (primary N) is 1. The van der Waals surface area contributed by atoms with E-state index in [2.05, 4.69) is 4.90 Å². The van der Waals surface area contributed by atoms with E-state index in [1.807, 2.05) is 7.05 Å². The van der Waals surface area contributed by atoms with E-state index in [9.17, 15) is 8.42 Å². The predicted octanol–water partition coefficient (Wildman–Crippen LogP) is 0.770. The fourth-order valence-corrected chi connectivity index (χ4v) is 4.10. The Morgan fingerprint density at radius 1 is 1.33 bits per heavy atom. The first-order valence-electron chi connectivity index (χ1n) is 6.94. The summed E-state index contributed by atoms with van der Waals surface area (Å²) in [7, 11) is -1.34. The molecular weight excluding hydrogens is 292 g/mol. The van der Waals surface area contributed by atoms with Gasteiger partial charge in [0.1, 0.15) is 0 Å². The largest absolute Gasteiger partial charge is 0.454 e. The Bertz CT molecular complexity index is 659. The van der Waals surface area contributed by atoms with Crippen LogP contribution in [-0.4, -0.2) is 46.5 Å². The number of hydrogen-bond donors (Lipinski definition) is 1. The average Bonchev–Trinajstić information content (AvgIpc) is 3.01. The highest BCUT2D eigenvalue weighted by atomic mass is 32.2. The van der Waals surface area contributed by atoms with E-state index in [1.54, 1.807) is 12.1 Å². The van der Waals surface area contributed by atoms with Crippen LogP contribution in [0, 0.1) is 5.92 Å². The second kappa shape index (κ2) is 5.15. The lowest BCUT2D eigenvalue weighted by Gasteiger charge is -2.22. The van der Waals surface area contributed by atoms with E-state index in [-0.39, 0.29) is 12.8 Å². The molecule has 6 nitrogen and oxygen atoms in total. The maximum absolute atomic E-state index is 12.1. The summed E-state index contributed by atoms with van der Waals surface area (Å²) in [6.07, 6.45) is 2.08. The van der Waals surface area contributed by atoms with Crippen molar-refractivity contribution in [2.24, 2.45) is 11.7 Å². The van der Waals surface area contributed by atoms with Crippen LogP contribution >= 0.6 is 0 Å². The summed E-state index contributed by atoms with van der Waals surface area (Å²) in [5.41, 5.74) is 6.54. The molecule has 2 heterocycles. The van der Waals surface area contributed by atoms with Gasteiger partial charge >= 0.3 is 0 Å². The predicted molar refractivity (Wildman–Crippen MR) is 78.2 cm³/mol. The highest BCUT2D eigenvalue weighted by Crippen LogP contribution is 2.43. The van der Waals surface area contributed by atoms with Gasteiger partial charge in [-0.25, -0.2) is 8.42 Å². The molecule has 1 saturated heterocycles. The minimum absolute atomic E-state index is 0.0396. The topological polar surface area (TPSA) is 81.9 Å². The summed E-state index contributed by atoms with van der Waals surface area (Å²) in [6.45, 7) is 1.62. The highest BCUT2D eigenvalue weighted by molar-refractivity contribution is 7.90. The molecule has 7 heteroatoms. The first kappa shape index (κ1) is 14.6. The zero-order valence-electron chi connectivity index (χ0n) is 12.2. The summed E-state index contributed by atoms with van der Waals surface area (Å²) in [5, 5.41) is 0. The van der Waals surface area contributed by atoms with Crippen LogP contribution in [0.4, 0.5) is 0 Å². The van der Waals surface area contributed by atoms with Crippen LogP contribution in [0.3, 0.4) is 0 Å². The minimum Gasteiger partial charge on any atom is -0.454 e. The lowest BCUT2D eigenvalue weighted by Crippen LogP contribution is -2.21. The van der Waals surface area contributed by atoms with E-state index in [0.29, 0.717) is 28.9 Å². The first-order valence-corrected chi connectivity index (χ1v) is 8.83. The molecule has 0 saturated carbocycles. The number of nitrogens with zero attached hydrogens (tertiary/aromatic N) is 1. The maximum atomic E-state index is 12.1. The molecule has 21 heavy (non-hydrogen) atoms. The van der Waals surface area contributed by atoms with Gasteiger partial charge in [0, 0.05) is 24.9 Å². The van der Waals surface area contributed by atoms with E-state index >= 15 is 0 Å². The normalized spacial score (nSPS) is 25.5. The Labute approximate surface area is 124 Å². The number of benzene rings is 1. The monoisotopic (exact) mass is 312 g/mol. The Kier molecular flexibility index (Phi) is 3.59. The van der Waals surface area contributed by atoms with Crippen molar-refractivity contribution in [3.8, 4) is 11.5 Å². The van der Waals surface area contributed by atoms with Gasteiger partial charge < -0.3 is 15.2 Å². The highest BCUT2D eigenvalue weighted by Gasteiger charge is 2.34. The Balaban J connectivity index is 2.09. The molecule has 0 bridgehead atoms. The molecular formula is C14H20N2O4S. The molecule has 2 N–H and O–H groups in total. The molecule has 3 rings (SSSR count). The molecule has 2 aliphatic rings. The van der Waals surface area contributed by atoms with Crippen LogP contribution in [0.1, 0.15) is 18.0 Å². The lowest BCUT2D eigenvalue weighted by atomic mass is 9.99. The van der Waals surface area contributed by atoms with Gasteiger partial charge in [-0.1, -0.05) is 0 Å². The number of fused-ring (bicyclic) bond motifs is 1. The molecule has 0 aliphatic carbocycles. The zero-order chi connectivity index (χ0) is 15.2. The Morgan fingerprint density at radius 3 is 2.57 bits per heavy atom. The fourth-order valence-electron chi connectivity index (χ4n) is 3.16. The van der Waals surface area contributed by atoms with Crippen molar-refractivity contribution in [3.63, 3.8) is 0 Å². The van der Waals surface area contributed by atoms with Gasteiger partial charge in [0.15, 0.2) is 21.3 Å². The van der Waals surface area contributed by atoms with Gasteiger partial charge in [0.05, 0.1) is 4.90 Å². The number of ether oxygens (including phenoxy) is 2. The Morgan fingerprint density at radius 2 is 2.00 bits per heavy atom.